The fourth-order valence-electron chi connectivity index (χ4n) is 3.37. The Morgan fingerprint density at radius 2 is 1.77 bits per heavy atom. The molecule has 0 fully saturated rings. The molecule has 0 unspecified atom stereocenters. The summed E-state index contributed by atoms with van der Waals surface area (Å²) in [6, 6.07) is 10.5. The van der Waals surface area contributed by atoms with E-state index in [9.17, 15) is 27.2 Å². The third kappa shape index (κ3) is 4.43. The van der Waals surface area contributed by atoms with Crippen molar-refractivity contribution >= 4 is 27.7 Å². The highest BCUT2D eigenvalue weighted by Crippen LogP contribution is 2.30. The van der Waals surface area contributed by atoms with Crippen molar-refractivity contribution < 1.29 is 27.2 Å². The maximum Gasteiger partial charge on any atom is 0.269 e. The predicted octanol–water partition coefficient (Wildman–Crippen LogP) is 1.52. The fourth-order valence-corrected chi connectivity index (χ4v) is 4.94. The molecular formula is C21H22FN3O5S. The topological polar surface area (TPSA) is 104 Å². The van der Waals surface area contributed by atoms with Gasteiger partial charge in [-0.3, -0.25) is 14.4 Å². The van der Waals surface area contributed by atoms with Gasteiger partial charge in [0.25, 0.3) is 15.9 Å². The van der Waals surface area contributed by atoms with Crippen LogP contribution in [0.25, 0.3) is 0 Å². The summed E-state index contributed by atoms with van der Waals surface area (Å²) < 4.78 is 39.2. The maximum absolute atomic E-state index is 13.2. The van der Waals surface area contributed by atoms with Gasteiger partial charge >= 0.3 is 0 Å². The van der Waals surface area contributed by atoms with Gasteiger partial charge in [0.2, 0.25) is 11.8 Å². The first-order valence-electron chi connectivity index (χ1n) is 9.58. The second-order valence-corrected chi connectivity index (χ2v) is 8.90. The number of fused-ring (bicyclic) bond motifs is 1. The van der Waals surface area contributed by atoms with Crippen LogP contribution < -0.4 is 5.32 Å². The van der Waals surface area contributed by atoms with Crippen LogP contribution in [0.3, 0.4) is 0 Å². The van der Waals surface area contributed by atoms with Crippen molar-refractivity contribution in [2.24, 2.45) is 0 Å². The van der Waals surface area contributed by atoms with E-state index in [2.05, 4.69) is 5.32 Å². The zero-order chi connectivity index (χ0) is 22.8. The molecule has 2 aromatic carbocycles. The fraction of sp³-hybridized carbons (Fsp3) is 0.286. The van der Waals surface area contributed by atoms with E-state index < -0.39 is 39.6 Å². The number of nitrogens with one attached hydrogen (secondary N) is 1. The molecule has 2 aromatic rings. The number of benzene rings is 2. The van der Waals surface area contributed by atoms with Crippen LogP contribution >= 0.6 is 0 Å². The smallest absolute Gasteiger partial charge is 0.269 e. The summed E-state index contributed by atoms with van der Waals surface area (Å²) in [7, 11) is -2.59. The van der Waals surface area contributed by atoms with E-state index in [1.54, 1.807) is 6.07 Å². The number of amides is 3. The van der Waals surface area contributed by atoms with E-state index in [1.165, 1.54) is 61.3 Å². The second kappa shape index (κ2) is 8.84. The first kappa shape index (κ1) is 22.4. The molecule has 1 atom stereocenters. The monoisotopic (exact) mass is 447 g/mol. The Bertz CT molecular complexity index is 1120. The summed E-state index contributed by atoms with van der Waals surface area (Å²) in [5, 5.41) is 2.47. The standard InChI is InChI=1S/C21H22FN3O5S/c1-14(20(27)23-2)24(13-15-7-9-16(22)10-8-15)19(26)11-12-25-21(28)17-5-3-4-6-18(17)31(25,29)30/h3-10,14H,11-13H2,1-2H3,(H,23,27)/t14-/m0/s1. The Labute approximate surface area is 179 Å². The summed E-state index contributed by atoms with van der Waals surface area (Å²) >= 11 is 0. The molecule has 3 amide bonds. The van der Waals surface area contributed by atoms with E-state index in [0.29, 0.717) is 9.87 Å². The zero-order valence-corrected chi connectivity index (χ0v) is 17.9. The van der Waals surface area contributed by atoms with Gasteiger partial charge in [0.15, 0.2) is 0 Å². The van der Waals surface area contributed by atoms with E-state index in [-0.39, 0.29) is 30.0 Å². The van der Waals surface area contributed by atoms with Gasteiger partial charge in [-0.1, -0.05) is 24.3 Å². The van der Waals surface area contributed by atoms with Crippen LogP contribution in [0.15, 0.2) is 53.4 Å². The molecule has 3 rings (SSSR count). The lowest BCUT2D eigenvalue weighted by Gasteiger charge is -2.29. The van der Waals surface area contributed by atoms with Crippen LogP contribution in [0.1, 0.15) is 29.3 Å². The summed E-state index contributed by atoms with van der Waals surface area (Å²) in [4.78, 5) is 38.8. The number of carbonyl (C=O) groups is 3. The SMILES string of the molecule is CNC(=O)[C@H](C)N(Cc1ccc(F)cc1)C(=O)CCN1C(=O)c2ccccc2S1(=O)=O. The maximum atomic E-state index is 13.2. The van der Waals surface area contributed by atoms with E-state index >= 15 is 0 Å². The highest BCUT2D eigenvalue weighted by Gasteiger charge is 2.41. The molecule has 0 aromatic heterocycles. The van der Waals surface area contributed by atoms with Gasteiger partial charge < -0.3 is 10.2 Å². The summed E-state index contributed by atoms with van der Waals surface area (Å²) in [6.07, 6.45) is -0.304. The Morgan fingerprint density at radius 3 is 2.39 bits per heavy atom. The van der Waals surface area contributed by atoms with Gasteiger partial charge in [-0.05, 0) is 36.8 Å². The Morgan fingerprint density at radius 1 is 1.13 bits per heavy atom. The summed E-state index contributed by atoms with van der Waals surface area (Å²) in [6.45, 7) is 1.21. The van der Waals surface area contributed by atoms with Crippen LogP contribution in [-0.2, 0) is 26.2 Å². The van der Waals surface area contributed by atoms with Crippen LogP contribution in [0.4, 0.5) is 4.39 Å². The zero-order valence-electron chi connectivity index (χ0n) is 17.0. The molecule has 1 N–H and O–H groups in total. The lowest BCUT2D eigenvalue weighted by Crippen LogP contribution is -2.47. The van der Waals surface area contributed by atoms with Gasteiger partial charge in [-0.25, -0.2) is 17.1 Å². The predicted molar refractivity (Wildman–Crippen MR) is 110 cm³/mol. The minimum Gasteiger partial charge on any atom is -0.357 e. The number of hydrogen-bond acceptors (Lipinski definition) is 5. The van der Waals surface area contributed by atoms with Crippen LogP contribution in [0.5, 0.6) is 0 Å². The normalized spacial score (nSPS) is 15.3. The molecule has 0 aliphatic carbocycles. The number of rotatable bonds is 7. The van der Waals surface area contributed by atoms with Crippen molar-refractivity contribution in [1.29, 1.82) is 0 Å². The first-order valence-corrected chi connectivity index (χ1v) is 11.0. The van der Waals surface area contributed by atoms with Crippen molar-refractivity contribution in [2.45, 2.75) is 30.8 Å². The van der Waals surface area contributed by atoms with Crippen molar-refractivity contribution in [1.82, 2.24) is 14.5 Å². The first-order chi connectivity index (χ1) is 14.7. The average Bonchev–Trinajstić information content (AvgIpc) is 2.96. The Hall–Kier alpha value is -3.27. The summed E-state index contributed by atoms with van der Waals surface area (Å²) in [5.74, 6) is -2.04. The molecule has 10 heteroatoms. The quantitative estimate of drug-likeness (QED) is 0.693. The lowest BCUT2D eigenvalue weighted by molar-refractivity contribution is -0.140. The minimum atomic E-state index is -4.03. The molecule has 164 valence electrons. The van der Waals surface area contributed by atoms with E-state index in [1.807, 2.05) is 0 Å². The molecule has 1 heterocycles. The largest absolute Gasteiger partial charge is 0.357 e. The number of nitrogens with zero attached hydrogens (tertiary/aromatic N) is 2. The molecule has 0 saturated heterocycles. The Kier molecular flexibility index (Phi) is 6.40. The second-order valence-electron chi connectivity index (χ2n) is 7.07. The third-order valence-electron chi connectivity index (χ3n) is 5.12. The molecule has 0 saturated carbocycles. The summed E-state index contributed by atoms with van der Waals surface area (Å²) in [5.41, 5.74) is 0.666. The minimum absolute atomic E-state index is 0.0224. The molecule has 0 spiro atoms. The van der Waals surface area contributed by atoms with Gasteiger partial charge in [0, 0.05) is 26.6 Å². The Balaban J connectivity index is 1.78. The highest BCUT2D eigenvalue weighted by atomic mass is 32.2. The van der Waals surface area contributed by atoms with E-state index in [0.717, 1.165) is 0 Å². The van der Waals surface area contributed by atoms with Crippen LogP contribution in [-0.4, -0.2) is 55.0 Å². The van der Waals surface area contributed by atoms with Crippen molar-refractivity contribution in [3.05, 3.63) is 65.5 Å². The number of sulfonamides is 1. The van der Waals surface area contributed by atoms with Gasteiger partial charge in [-0.2, -0.15) is 0 Å². The molecule has 0 bridgehead atoms. The molecule has 0 radical (unpaired) electrons. The van der Waals surface area contributed by atoms with Crippen molar-refractivity contribution in [2.75, 3.05) is 13.6 Å². The van der Waals surface area contributed by atoms with Crippen molar-refractivity contribution in [3.63, 3.8) is 0 Å². The molecule has 31 heavy (non-hydrogen) atoms. The number of halogens is 1. The van der Waals surface area contributed by atoms with Gasteiger partial charge in [-0.15, -0.1) is 0 Å². The van der Waals surface area contributed by atoms with Crippen LogP contribution in [0, 0.1) is 5.82 Å². The number of likely N-dealkylation sites (N-methyl/N-ethyl adjacent to an activating group) is 1. The number of hydrogen-bond donors (Lipinski definition) is 1. The van der Waals surface area contributed by atoms with E-state index in [4.69, 9.17) is 0 Å². The van der Waals surface area contributed by atoms with Gasteiger partial charge in [0.05, 0.1) is 5.56 Å². The molecule has 1 aliphatic heterocycles. The highest BCUT2D eigenvalue weighted by molar-refractivity contribution is 7.90. The molecular weight excluding hydrogens is 425 g/mol. The van der Waals surface area contributed by atoms with Gasteiger partial charge in [0.1, 0.15) is 16.8 Å². The average molecular weight is 447 g/mol. The number of carbonyl (C=O) groups excluding carboxylic acids is 3. The molecule has 1 aliphatic rings. The molecule has 8 nitrogen and oxygen atoms in total. The van der Waals surface area contributed by atoms with Crippen molar-refractivity contribution in [3.8, 4) is 0 Å². The van der Waals surface area contributed by atoms with Crippen LogP contribution in [0.2, 0.25) is 0 Å². The third-order valence-corrected chi connectivity index (χ3v) is 6.96. The lowest BCUT2D eigenvalue weighted by atomic mass is 10.1.